The van der Waals surface area contributed by atoms with Crippen molar-refractivity contribution >= 4 is 11.5 Å². The zero-order chi connectivity index (χ0) is 10.7. The van der Waals surface area contributed by atoms with Gasteiger partial charge >= 0.3 is 0 Å². The molecule has 15 heavy (non-hydrogen) atoms. The van der Waals surface area contributed by atoms with Gasteiger partial charge in [0.15, 0.2) is 5.65 Å². The van der Waals surface area contributed by atoms with Crippen LogP contribution < -0.4 is 5.32 Å². The Morgan fingerprint density at radius 1 is 1.40 bits per heavy atom. The van der Waals surface area contributed by atoms with E-state index in [9.17, 15) is 0 Å². The zero-order valence-electron chi connectivity index (χ0n) is 9.01. The first-order valence-electron chi connectivity index (χ1n) is 4.95. The Morgan fingerprint density at radius 2 is 2.27 bits per heavy atom. The molecule has 0 atom stereocenters. The van der Waals surface area contributed by atoms with Gasteiger partial charge in [-0.3, -0.25) is 0 Å². The van der Waals surface area contributed by atoms with Crippen LogP contribution >= 0.6 is 0 Å². The third-order valence-electron chi connectivity index (χ3n) is 2.12. The van der Waals surface area contributed by atoms with Gasteiger partial charge in [-0.05, 0) is 20.2 Å². The third kappa shape index (κ3) is 2.44. The second-order valence-electron chi connectivity index (χ2n) is 3.68. The van der Waals surface area contributed by atoms with Crippen LogP contribution in [0.5, 0.6) is 0 Å². The SMILES string of the molecule is CN(C)CCNc1ccn2nccc2n1. The summed E-state index contributed by atoms with van der Waals surface area (Å²) in [5.41, 5.74) is 0.866. The Bertz CT molecular complexity index is 434. The molecule has 0 fully saturated rings. The lowest BCUT2D eigenvalue weighted by Crippen LogP contribution is -2.21. The van der Waals surface area contributed by atoms with Gasteiger partial charge in [-0.2, -0.15) is 5.10 Å². The molecule has 80 valence electrons. The molecule has 5 heteroatoms. The minimum absolute atomic E-state index is 0.866. The largest absolute Gasteiger partial charge is 0.369 e. The smallest absolute Gasteiger partial charge is 0.157 e. The first-order chi connectivity index (χ1) is 7.25. The molecule has 1 N–H and O–H groups in total. The number of rotatable bonds is 4. The Labute approximate surface area is 88.7 Å². The quantitative estimate of drug-likeness (QED) is 0.798. The van der Waals surface area contributed by atoms with Gasteiger partial charge in [0, 0.05) is 25.4 Å². The van der Waals surface area contributed by atoms with Gasteiger partial charge in [0.05, 0.1) is 6.20 Å². The maximum atomic E-state index is 4.40. The maximum absolute atomic E-state index is 4.40. The Morgan fingerprint density at radius 3 is 3.07 bits per heavy atom. The van der Waals surface area contributed by atoms with E-state index < -0.39 is 0 Å². The number of hydrogen-bond acceptors (Lipinski definition) is 4. The molecular weight excluding hydrogens is 190 g/mol. The molecule has 2 rings (SSSR count). The van der Waals surface area contributed by atoms with Gasteiger partial charge in [-0.25, -0.2) is 9.50 Å². The van der Waals surface area contributed by atoms with Crippen LogP contribution in [0.2, 0.25) is 0 Å². The molecule has 0 radical (unpaired) electrons. The van der Waals surface area contributed by atoms with Crippen LogP contribution in [-0.2, 0) is 0 Å². The van der Waals surface area contributed by atoms with E-state index in [0.29, 0.717) is 0 Å². The van der Waals surface area contributed by atoms with Crippen molar-refractivity contribution in [1.82, 2.24) is 19.5 Å². The van der Waals surface area contributed by atoms with E-state index in [4.69, 9.17) is 0 Å². The summed E-state index contributed by atoms with van der Waals surface area (Å²) in [5, 5.41) is 7.35. The van der Waals surface area contributed by atoms with Gasteiger partial charge < -0.3 is 10.2 Å². The van der Waals surface area contributed by atoms with Crippen LogP contribution in [0.25, 0.3) is 5.65 Å². The predicted octanol–water partition coefficient (Wildman–Crippen LogP) is 0.703. The summed E-state index contributed by atoms with van der Waals surface area (Å²) >= 11 is 0. The topological polar surface area (TPSA) is 45.5 Å². The van der Waals surface area contributed by atoms with Crippen molar-refractivity contribution in [2.45, 2.75) is 0 Å². The summed E-state index contributed by atoms with van der Waals surface area (Å²) in [6.45, 7) is 1.89. The maximum Gasteiger partial charge on any atom is 0.157 e. The number of nitrogens with one attached hydrogen (secondary N) is 1. The lowest BCUT2D eigenvalue weighted by atomic mass is 10.5. The molecule has 0 saturated heterocycles. The molecule has 0 aliphatic heterocycles. The van der Waals surface area contributed by atoms with Gasteiger partial charge in [0.2, 0.25) is 0 Å². The molecule has 0 amide bonds. The third-order valence-corrected chi connectivity index (χ3v) is 2.12. The van der Waals surface area contributed by atoms with Crippen molar-refractivity contribution in [2.75, 3.05) is 32.5 Å². The average molecular weight is 205 g/mol. The molecule has 0 unspecified atom stereocenters. The van der Waals surface area contributed by atoms with Crippen molar-refractivity contribution in [3.05, 3.63) is 24.5 Å². The summed E-state index contributed by atoms with van der Waals surface area (Å²) in [5.74, 6) is 0.893. The van der Waals surface area contributed by atoms with Crippen LogP contribution in [0.15, 0.2) is 24.5 Å². The van der Waals surface area contributed by atoms with Gasteiger partial charge in [0.1, 0.15) is 5.82 Å². The number of hydrogen-bond donors (Lipinski definition) is 1. The second-order valence-corrected chi connectivity index (χ2v) is 3.68. The van der Waals surface area contributed by atoms with E-state index >= 15 is 0 Å². The molecular formula is C10H15N5. The summed E-state index contributed by atoms with van der Waals surface area (Å²) in [6.07, 6.45) is 3.65. The molecule has 2 aromatic rings. The number of aromatic nitrogens is 3. The molecule has 2 aromatic heterocycles. The molecule has 0 saturated carbocycles. The summed E-state index contributed by atoms with van der Waals surface area (Å²) < 4.78 is 1.75. The monoisotopic (exact) mass is 205 g/mol. The normalized spacial score (nSPS) is 11.1. The minimum Gasteiger partial charge on any atom is -0.369 e. The van der Waals surface area contributed by atoms with Crippen LogP contribution in [0.4, 0.5) is 5.82 Å². The number of anilines is 1. The highest BCUT2D eigenvalue weighted by Crippen LogP contribution is 2.04. The molecule has 2 heterocycles. The predicted molar refractivity (Wildman–Crippen MR) is 60.0 cm³/mol. The zero-order valence-corrected chi connectivity index (χ0v) is 9.01. The van der Waals surface area contributed by atoms with Crippen LogP contribution in [-0.4, -0.2) is 46.7 Å². The van der Waals surface area contributed by atoms with Gasteiger partial charge in [0.25, 0.3) is 0 Å². The highest BCUT2D eigenvalue weighted by Gasteiger charge is 1.97. The number of fused-ring (bicyclic) bond motifs is 1. The van der Waals surface area contributed by atoms with Crippen molar-refractivity contribution in [3.63, 3.8) is 0 Å². The first kappa shape index (κ1) is 9.92. The van der Waals surface area contributed by atoms with Crippen molar-refractivity contribution < 1.29 is 0 Å². The van der Waals surface area contributed by atoms with E-state index in [-0.39, 0.29) is 0 Å². The van der Waals surface area contributed by atoms with Crippen molar-refractivity contribution in [1.29, 1.82) is 0 Å². The average Bonchev–Trinajstić information content (AvgIpc) is 2.64. The Kier molecular flexibility index (Phi) is 2.82. The molecule has 0 spiro atoms. The van der Waals surface area contributed by atoms with E-state index in [1.54, 1.807) is 10.7 Å². The highest BCUT2D eigenvalue weighted by molar-refractivity contribution is 5.45. The summed E-state index contributed by atoms with van der Waals surface area (Å²) in [6, 6.07) is 3.81. The van der Waals surface area contributed by atoms with Crippen molar-refractivity contribution in [2.24, 2.45) is 0 Å². The fraction of sp³-hybridized carbons (Fsp3) is 0.400. The standard InChI is InChI=1S/C10H15N5/c1-14(2)8-6-11-9-4-7-15-10(13-9)3-5-12-15/h3-5,7H,6,8H2,1-2H3,(H,11,13). The van der Waals surface area contributed by atoms with Crippen LogP contribution in [0.3, 0.4) is 0 Å². The lowest BCUT2D eigenvalue weighted by Gasteiger charge is -2.10. The van der Waals surface area contributed by atoms with E-state index in [1.807, 2.05) is 18.3 Å². The van der Waals surface area contributed by atoms with Gasteiger partial charge in [-0.1, -0.05) is 0 Å². The van der Waals surface area contributed by atoms with Crippen LogP contribution in [0.1, 0.15) is 0 Å². The van der Waals surface area contributed by atoms with E-state index in [0.717, 1.165) is 24.6 Å². The molecule has 0 aliphatic rings. The van der Waals surface area contributed by atoms with Crippen LogP contribution in [0, 0.1) is 0 Å². The van der Waals surface area contributed by atoms with E-state index in [1.165, 1.54) is 0 Å². The fourth-order valence-electron chi connectivity index (χ4n) is 1.32. The Hall–Kier alpha value is -1.62. The minimum atomic E-state index is 0.866. The van der Waals surface area contributed by atoms with Gasteiger partial charge in [-0.15, -0.1) is 0 Å². The highest BCUT2D eigenvalue weighted by atomic mass is 15.2. The molecule has 5 nitrogen and oxygen atoms in total. The summed E-state index contributed by atoms with van der Waals surface area (Å²) in [4.78, 5) is 6.53. The number of nitrogens with zero attached hydrogens (tertiary/aromatic N) is 4. The summed E-state index contributed by atoms with van der Waals surface area (Å²) in [7, 11) is 4.10. The van der Waals surface area contributed by atoms with Crippen molar-refractivity contribution in [3.8, 4) is 0 Å². The first-order valence-corrected chi connectivity index (χ1v) is 4.95. The molecule has 0 bridgehead atoms. The molecule has 0 aliphatic carbocycles. The van der Waals surface area contributed by atoms with E-state index in [2.05, 4.69) is 34.4 Å². The number of likely N-dealkylation sites (N-methyl/N-ethyl adjacent to an activating group) is 1. The second kappa shape index (κ2) is 4.27. The fourth-order valence-corrected chi connectivity index (χ4v) is 1.32. The molecule has 0 aromatic carbocycles. The lowest BCUT2D eigenvalue weighted by molar-refractivity contribution is 0.425. The Balaban J connectivity index is 2.02.